The second kappa shape index (κ2) is 9.12. The third-order valence-corrected chi connectivity index (χ3v) is 3.23. The molecule has 0 atom stereocenters. The fourth-order valence-electron chi connectivity index (χ4n) is 1.95. The van der Waals surface area contributed by atoms with E-state index in [0.29, 0.717) is 5.75 Å². The van der Waals surface area contributed by atoms with E-state index >= 15 is 0 Å². The zero-order valence-corrected chi connectivity index (χ0v) is 14.1. The molecule has 0 radical (unpaired) electrons. The van der Waals surface area contributed by atoms with Crippen LogP contribution in [0.1, 0.15) is 11.1 Å². The SMILES string of the molecule is COc1ccc(/C=C/C(=O)NNC(=O)COc2cccc(C)c2)cc1. The molecule has 0 aliphatic heterocycles. The standard InChI is InChI=1S/C19H20N2O4/c1-14-4-3-5-17(12-14)25-13-19(23)21-20-18(22)11-8-15-6-9-16(24-2)10-7-15/h3-12H,13H2,1-2H3,(H,20,22)(H,21,23)/b11-8+. The number of hydrogen-bond acceptors (Lipinski definition) is 4. The fourth-order valence-corrected chi connectivity index (χ4v) is 1.95. The number of rotatable bonds is 6. The summed E-state index contributed by atoms with van der Waals surface area (Å²) in [6.45, 7) is 1.74. The predicted molar refractivity (Wildman–Crippen MR) is 95.0 cm³/mol. The highest BCUT2D eigenvalue weighted by molar-refractivity contribution is 5.93. The molecular formula is C19H20N2O4. The maximum absolute atomic E-state index is 11.7. The van der Waals surface area contributed by atoms with Gasteiger partial charge in [0.25, 0.3) is 11.8 Å². The smallest absolute Gasteiger partial charge is 0.276 e. The molecule has 0 spiro atoms. The summed E-state index contributed by atoms with van der Waals surface area (Å²) < 4.78 is 10.4. The van der Waals surface area contributed by atoms with Crippen molar-refractivity contribution in [2.45, 2.75) is 6.92 Å². The number of nitrogens with one attached hydrogen (secondary N) is 2. The lowest BCUT2D eigenvalue weighted by Gasteiger charge is -2.08. The van der Waals surface area contributed by atoms with Crippen LogP contribution >= 0.6 is 0 Å². The van der Waals surface area contributed by atoms with Crippen molar-refractivity contribution in [2.24, 2.45) is 0 Å². The molecule has 0 saturated heterocycles. The molecule has 0 unspecified atom stereocenters. The Balaban J connectivity index is 1.73. The van der Waals surface area contributed by atoms with Gasteiger partial charge in [-0.15, -0.1) is 0 Å². The van der Waals surface area contributed by atoms with Crippen molar-refractivity contribution in [1.29, 1.82) is 0 Å². The average molecular weight is 340 g/mol. The maximum Gasteiger partial charge on any atom is 0.276 e. The van der Waals surface area contributed by atoms with Gasteiger partial charge in [0.2, 0.25) is 0 Å². The van der Waals surface area contributed by atoms with Crippen LogP contribution in [0.15, 0.2) is 54.6 Å². The molecule has 2 aromatic carbocycles. The van der Waals surface area contributed by atoms with Crippen LogP contribution in [-0.4, -0.2) is 25.5 Å². The van der Waals surface area contributed by atoms with E-state index in [-0.39, 0.29) is 6.61 Å². The summed E-state index contributed by atoms with van der Waals surface area (Å²) in [4.78, 5) is 23.3. The summed E-state index contributed by atoms with van der Waals surface area (Å²) >= 11 is 0. The lowest BCUT2D eigenvalue weighted by molar-refractivity contribution is -0.128. The van der Waals surface area contributed by atoms with Gasteiger partial charge >= 0.3 is 0 Å². The quantitative estimate of drug-likeness (QED) is 0.625. The van der Waals surface area contributed by atoms with Crippen LogP contribution in [-0.2, 0) is 9.59 Å². The van der Waals surface area contributed by atoms with Gasteiger partial charge in [-0.05, 0) is 48.4 Å². The van der Waals surface area contributed by atoms with Gasteiger partial charge in [0, 0.05) is 6.08 Å². The number of benzene rings is 2. The van der Waals surface area contributed by atoms with Crippen molar-refractivity contribution in [1.82, 2.24) is 10.9 Å². The molecule has 0 heterocycles. The summed E-state index contributed by atoms with van der Waals surface area (Å²) in [5.74, 6) is 0.441. The largest absolute Gasteiger partial charge is 0.497 e. The normalized spacial score (nSPS) is 10.3. The summed E-state index contributed by atoms with van der Waals surface area (Å²) in [6, 6.07) is 14.6. The van der Waals surface area contributed by atoms with Crippen molar-refractivity contribution in [3.8, 4) is 11.5 Å². The molecule has 6 nitrogen and oxygen atoms in total. The van der Waals surface area contributed by atoms with E-state index in [0.717, 1.165) is 16.9 Å². The third kappa shape index (κ3) is 6.39. The van der Waals surface area contributed by atoms with Crippen LogP contribution in [0, 0.1) is 6.92 Å². The van der Waals surface area contributed by atoms with Gasteiger partial charge in [-0.25, -0.2) is 0 Å². The first-order chi connectivity index (χ1) is 12.1. The molecule has 0 aliphatic carbocycles. The predicted octanol–water partition coefficient (Wildman–Crippen LogP) is 2.24. The Morgan fingerprint density at radius 3 is 2.48 bits per heavy atom. The molecule has 25 heavy (non-hydrogen) atoms. The van der Waals surface area contributed by atoms with E-state index in [1.54, 1.807) is 31.4 Å². The Labute approximate surface area is 146 Å². The number of aryl methyl sites for hydroxylation is 1. The number of amides is 2. The molecular weight excluding hydrogens is 320 g/mol. The van der Waals surface area contributed by atoms with E-state index in [1.165, 1.54) is 6.08 Å². The van der Waals surface area contributed by atoms with Crippen LogP contribution < -0.4 is 20.3 Å². The van der Waals surface area contributed by atoms with Gasteiger partial charge in [-0.2, -0.15) is 0 Å². The summed E-state index contributed by atoms with van der Waals surface area (Å²) in [5, 5.41) is 0. The van der Waals surface area contributed by atoms with E-state index < -0.39 is 11.8 Å². The van der Waals surface area contributed by atoms with Crippen LogP contribution in [0.4, 0.5) is 0 Å². The summed E-state index contributed by atoms with van der Waals surface area (Å²) in [6.07, 6.45) is 2.95. The van der Waals surface area contributed by atoms with Crippen molar-refractivity contribution in [3.63, 3.8) is 0 Å². The number of hydrogen-bond donors (Lipinski definition) is 2. The number of methoxy groups -OCH3 is 1. The number of ether oxygens (including phenoxy) is 2. The molecule has 0 aromatic heterocycles. The van der Waals surface area contributed by atoms with E-state index in [1.807, 2.05) is 37.3 Å². The van der Waals surface area contributed by atoms with Crippen LogP contribution in [0.5, 0.6) is 11.5 Å². The lowest BCUT2D eigenvalue weighted by Crippen LogP contribution is -2.43. The number of hydrazine groups is 1. The molecule has 0 fully saturated rings. The molecule has 2 rings (SSSR count). The molecule has 0 bridgehead atoms. The fraction of sp³-hybridized carbons (Fsp3) is 0.158. The molecule has 6 heteroatoms. The van der Waals surface area contributed by atoms with Gasteiger partial charge in [0.15, 0.2) is 6.61 Å². The van der Waals surface area contributed by atoms with Gasteiger partial charge in [-0.3, -0.25) is 20.4 Å². The monoisotopic (exact) mass is 340 g/mol. The summed E-state index contributed by atoms with van der Waals surface area (Å²) in [7, 11) is 1.59. The van der Waals surface area contributed by atoms with Crippen LogP contribution in [0.2, 0.25) is 0 Å². The minimum Gasteiger partial charge on any atom is -0.497 e. The Morgan fingerprint density at radius 1 is 1.04 bits per heavy atom. The van der Waals surface area contributed by atoms with Crippen LogP contribution in [0.3, 0.4) is 0 Å². The highest BCUT2D eigenvalue weighted by Crippen LogP contribution is 2.12. The first-order valence-electron chi connectivity index (χ1n) is 7.67. The molecule has 2 amide bonds. The molecule has 0 saturated carbocycles. The van der Waals surface area contributed by atoms with Crippen molar-refractivity contribution in [2.75, 3.05) is 13.7 Å². The molecule has 2 aromatic rings. The topological polar surface area (TPSA) is 76.7 Å². The molecule has 2 N–H and O–H groups in total. The van der Waals surface area contributed by atoms with Crippen LogP contribution in [0.25, 0.3) is 6.08 Å². The van der Waals surface area contributed by atoms with Gasteiger partial charge in [-0.1, -0.05) is 24.3 Å². The summed E-state index contributed by atoms with van der Waals surface area (Å²) in [5.41, 5.74) is 6.45. The zero-order valence-electron chi connectivity index (χ0n) is 14.1. The Kier molecular flexibility index (Phi) is 6.59. The van der Waals surface area contributed by atoms with E-state index in [2.05, 4.69) is 10.9 Å². The van der Waals surface area contributed by atoms with E-state index in [4.69, 9.17) is 9.47 Å². The Hall–Kier alpha value is -3.28. The maximum atomic E-state index is 11.7. The average Bonchev–Trinajstić information content (AvgIpc) is 2.63. The highest BCUT2D eigenvalue weighted by atomic mass is 16.5. The zero-order chi connectivity index (χ0) is 18.1. The van der Waals surface area contributed by atoms with Crippen molar-refractivity contribution in [3.05, 3.63) is 65.7 Å². The van der Waals surface area contributed by atoms with Gasteiger partial charge in [0.05, 0.1) is 7.11 Å². The highest BCUT2D eigenvalue weighted by Gasteiger charge is 2.04. The Morgan fingerprint density at radius 2 is 1.80 bits per heavy atom. The molecule has 0 aliphatic rings. The first-order valence-corrected chi connectivity index (χ1v) is 7.67. The van der Waals surface area contributed by atoms with E-state index in [9.17, 15) is 9.59 Å². The molecule has 130 valence electrons. The Bertz CT molecular complexity index is 754. The van der Waals surface area contributed by atoms with Gasteiger partial charge < -0.3 is 9.47 Å². The third-order valence-electron chi connectivity index (χ3n) is 3.23. The van der Waals surface area contributed by atoms with Crippen molar-refractivity contribution >= 4 is 17.9 Å². The minimum atomic E-state index is -0.451. The minimum absolute atomic E-state index is 0.189. The second-order valence-corrected chi connectivity index (χ2v) is 5.25. The lowest BCUT2D eigenvalue weighted by atomic mass is 10.2. The van der Waals surface area contributed by atoms with Crippen molar-refractivity contribution < 1.29 is 19.1 Å². The number of carbonyl (C=O) groups excluding carboxylic acids is 2. The first kappa shape index (κ1) is 18.1. The van der Waals surface area contributed by atoms with Gasteiger partial charge in [0.1, 0.15) is 11.5 Å². The number of carbonyl (C=O) groups is 2. The second-order valence-electron chi connectivity index (χ2n) is 5.25.